The zero-order chi connectivity index (χ0) is 14.5. The number of rotatable bonds is 6. The van der Waals surface area contributed by atoms with Gasteiger partial charge in [-0.25, -0.2) is 4.98 Å². The number of methoxy groups -OCH3 is 2. The van der Waals surface area contributed by atoms with Crippen molar-refractivity contribution in [3.8, 4) is 11.5 Å². The Hall–Kier alpha value is -2.01. The molecule has 0 aliphatic heterocycles. The third-order valence-electron chi connectivity index (χ3n) is 3.26. The number of H-pyrrole nitrogens is 1. The lowest BCUT2D eigenvalue weighted by atomic mass is 10.1. The summed E-state index contributed by atoms with van der Waals surface area (Å²) >= 11 is 0. The minimum Gasteiger partial charge on any atom is -0.493 e. The first-order chi connectivity index (χ1) is 9.63. The highest BCUT2D eigenvalue weighted by molar-refractivity contribution is 5.43. The van der Waals surface area contributed by atoms with Gasteiger partial charge in [0.1, 0.15) is 5.82 Å². The molecule has 0 aliphatic carbocycles. The van der Waals surface area contributed by atoms with Gasteiger partial charge in [0.15, 0.2) is 11.5 Å². The van der Waals surface area contributed by atoms with E-state index in [-0.39, 0.29) is 6.04 Å². The number of aryl methyl sites for hydroxylation is 1. The monoisotopic (exact) mass is 275 g/mol. The Morgan fingerprint density at radius 2 is 2.00 bits per heavy atom. The van der Waals surface area contributed by atoms with Crippen molar-refractivity contribution in [3.05, 3.63) is 41.5 Å². The van der Waals surface area contributed by atoms with E-state index in [9.17, 15) is 0 Å². The second kappa shape index (κ2) is 6.43. The Kier molecular flexibility index (Phi) is 4.63. The number of nitrogens with zero attached hydrogens (tertiary/aromatic N) is 1. The molecule has 0 fully saturated rings. The molecule has 108 valence electrons. The first-order valence-electron chi connectivity index (χ1n) is 6.60. The van der Waals surface area contributed by atoms with Crippen molar-refractivity contribution < 1.29 is 9.47 Å². The maximum absolute atomic E-state index is 5.32. The van der Waals surface area contributed by atoms with Crippen molar-refractivity contribution in [2.75, 3.05) is 14.2 Å². The molecule has 1 unspecified atom stereocenters. The lowest BCUT2D eigenvalue weighted by molar-refractivity contribution is 0.354. The molecular formula is C15H21N3O2. The van der Waals surface area contributed by atoms with Gasteiger partial charge in [0.05, 0.1) is 14.2 Å². The highest BCUT2D eigenvalue weighted by atomic mass is 16.5. The van der Waals surface area contributed by atoms with Gasteiger partial charge in [-0.05, 0) is 31.5 Å². The molecule has 1 atom stereocenters. The second-order valence-electron chi connectivity index (χ2n) is 4.71. The lowest BCUT2D eigenvalue weighted by Gasteiger charge is -2.16. The van der Waals surface area contributed by atoms with Crippen LogP contribution >= 0.6 is 0 Å². The summed E-state index contributed by atoms with van der Waals surface area (Å²) in [4.78, 5) is 7.39. The maximum atomic E-state index is 5.32. The summed E-state index contributed by atoms with van der Waals surface area (Å²) in [6, 6.07) is 6.16. The van der Waals surface area contributed by atoms with Crippen LogP contribution in [-0.4, -0.2) is 24.2 Å². The summed E-state index contributed by atoms with van der Waals surface area (Å²) in [6.07, 6.45) is 1.85. The van der Waals surface area contributed by atoms with Gasteiger partial charge in [0, 0.05) is 24.5 Å². The molecule has 0 bridgehead atoms. The van der Waals surface area contributed by atoms with Gasteiger partial charge in [-0.3, -0.25) is 0 Å². The maximum Gasteiger partial charge on any atom is 0.161 e. The number of ether oxygens (including phenoxy) is 2. The molecule has 1 heterocycles. The molecule has 0 aliphatic rings. The fourth-order valence-corrected chi connectivity index (χ4v) is 2.06. The van der Waals surface area contributed by atoms with E-state index in [1.807, 2.05) is 31.3 Å². The largest absolute Gasteiger partial charge is 0.493 e. The highest BCUT2D eigenvalue weighted by Crippen LogP contribution is 2.29. The zero-order valence-corrected chi connectivity index (χ0v) is 12.4. The van der Waals surface area contributed by atoms with Gasteiger partial charge < -0.3 is 19.8 Å². The molecule has 0 spiro atoms. The molecule has 1 aromatic heterocycles. The molecule has 5 heteroatoms. The van der Waals surface area contributed by atoms with E-state index in [2.05, 4.69) is 22.2 Å². The summed E-state index contributed by atoms with van der Waals surface area (Å²) in [7, 11) is 3.28. The van der Waals surface area contributed by atoms with Gasteiger partial charge >= 0.3 is 0 Å². The highest BCUT2D eigenvalue weighted by Gasteiger charge is 2.10. The Morgan fingerprint density at radius 3 is 2.60 bits per heavy atom. The third kappa shape index (κ3) is 3.30. The third-order valence-corrected chi connectivity index (χ3v) is 3.26. The van der Waals surface area contributed by atoms with Crippen LogP contribution in [0.25, 0.3) is 0 Å². The number of aromatic nitrogens is 2. The van der Waals surface area contributed by atoms with Crippen LogP contribution in [-0.2, 0) is 6.54 Å². The van der Waals surface area contributed by atoms with Crippen molar-refractivity contribution in [2.45, 2.75) is 26.4 Å². The fourth-order valence-electron chi connectivity index (χ4n) is 2.06. The van der Waals surface area contributed by atoms with E-state index < -0.39 is 0 Å². The van der Waals surface area contributed by atoms with Gasteiger partial charge in [0.25, 0.3) is 0 Å². The minimum absolute atomic E-state index is 0.207. The molecule has 0 saturated heterocycles. The number of aromatic amines is 1. The van der Waals surface area contributed by atoms with Crippen molar-refractivity contribution in [1.29, 1.82) is 0 Å². The number of benzene rings is 1. The summed E-state index contributed by atoms with van der Waals surface area (Å²) in [5.74, 6) is 2.42. The molecule has 20 heavy (non-hydrogen) atoms. The Balaban J connectivity index is 2.03. The molecule has 1 aromatic carbocycles. The van der Waals surface area contributed by atoms with Crippen LogP contribution in [0.1, 0.15) is 30.0 Å². The average Bonchev–Trinajstić information content (AvgIpc) is 2.89. The van der Waals surface area contributed by atoms with Crippen molar-refractivity contribution in [2.24, 2.45) is 0 Å². The Morgan fingerprint density at radius 1 is 1.25 bits per heavy atom. The minimum atomic E-state index is 0.207. The summed E-state index contributed by atoms with van der Waals surface area (Å²) in [6.45, 7) is 4.81. The molecule has 0 saturated carbocycles. The summed E-state index contributed by atoms with van der Waals surface area (Å²) < 4.78 is 10.6. The van der Waals surface area contributed by atoms with Crippen LogP contribution < -0.4 is 14.8 Å². The molecule has 0 radical (unpaired) electrons. The van der Waals surface area contributed by atoms with Gasteiger partial charge in [-0.15, -0.1) is 0 Å². The second-order valence-corrected chi connectivity index (χ2v) is 4.71. The molecule has 2 N–H and O–H groups in total. The Labute approximate surface area is 119 Å². The lowest BCUT2D eigenvalue weighted by Crippen LogP contribution is -2.18. The first kappa shape index (κ1) is 14.4. The standard InChI is InChI=1S/C15H21N3O2/c1-10(16-8-13-9-17-11(2)18-13)12-5-6-14(19-3)15(7-12)20-4/h5-7,9-10,16H,8H2,1-4H3,(H,17,18). The summed E-state index contributed by atoms with van der Waals surface area (Å²) in [5.41, 5.74) is 2.23. The fraction of sp³-hybridized carbons (Fsp3) is 0.400. The van der Waals surface area contributed by atoms with Crippen molar-refractivity contribution in [1.82, 2.24) is 15.3 Å². The molecule has 5 nitrogen and oxygen atoms in total. The molecule has 0 amide bonds. The zero-order valence-electron chi connectivity index (χ0n) is 12.4. The van der Waals surface area contributed by atoms with E-state index in [1.165, 1.54) is 0 Å². The Bertz CT molecular complexity index is 566. The topological polar surface area (TPSA) is 59.2 Å². The molecule has 2 rings (SSSR count). The first-order valence-corrected chi connectivity index (χ1v) is 6.60. The normalized spacial score (nSPS) is 12.2. The number of nitrogens with one attached hydrogen (secondary N) is 2. The van der Waals surface area contributed by atoms with Crippen LogP contribution in [0.3, 0.4) is 0 Å². The van der Waals surface area contributed by atoms with Gasteiger partial charge in [-0.1, -0.05) is 6.07 Å². The van der Waals surface area contributed by atoms with E-state index in [4.69, 9.17) is 9.47 Å². The van der Waals surface area contributed by atoms with Crippen LogP contribution in [0.4, 0.5) is 0 Å². The van der Waals surface area contributed by atoms with Crippen LogP contribution in [0.15, 0.2) is 24.4 Å². The predicted molar refractivity (Wildman–Crippen MR) is 78.1 cm³/mol. The van der Waals surface area contributed by atoms with Crippen molar-refractivity contribution in [3.63, 3.8) is 0 Å². The van der Waals surface area contributed by atoms with Crippen LogP contribution in [0.5, 0.6) is 11.5 Å². The number of hydrogen-bond acceptors (Lipinski definition) is 4. The number of hydrogen-bond donors (Lipinski definition) is 2. The quantitative estimate of drug-likeness (QED) is 0.850. The van der Waals surface area contributed by atoms with Crippen LogP contribution in [0.2, 0.25) is 0 Å². The van der Waals surface area contributed by atoms with E-state index in [0.29, 0.717) is 0 Å². The average molecular weight is 275 g/mol. The van der Waals surface area contributed by atoms with Gasteiger partial charge in [0.2, 0.25) is 0 Å². The molecular weight excluding hydrogens is 254 g/mol. The smallest absolute Gasteiger partial charge is 0.161 e. The van der Waals surface area contributed by atoms with Crippen LogP contribution in [0, 0.1) is 6.92 Å². The SMILES string of the molecule is COc1ccc(C(C)NCc2cnc(C)[nH]2)cc1OC. The van der Waals surface area contributed by atoms with Crippen molar-refractivity contribution >= 4 is 0 Å². The van der Waals surface area contributed by atoms with E-state index >= 15 is 0 Å². The van der Waals surface area contributed by atoms with Gasteiger partial charge in [-0.2, -0.15) is 0 Å². The molecule has 2 aromatic rings. The predicted octanol–water partition coefficient (Wildman–Crippen LogP) is 2.59. The summed E-state index contributed by atoms with van der Waals surface area (Å²) in [5, 5.41) is 3.45. The van der Waals surface area contributed by atoms with E-state index in [1.54, 1.807) is 14.2 Å². The number of imidazole rings is 1. The van der Waals surface area contributed by atoms with E-state index in [0.717, 1.165) is 35.1 Å².